The van der Waals surface area contributed by atoms with Crippen molar-refractivity contribution in [3.8, 4) is 0 Å². The van der Waals surface area contributed by atoms with E-state index < -0.39 is 28.3 Å². The van der Waals surface area contributed by atoms with Crippen LogP contribution in [0.2, 0.25) is 0 Å². The van der Waals surface area contributed by atoms with Gasteiger partial charge < -0.3 is 9.47 Å². The van der Waals surface area contributed by atoms with Gasteiger partial charge in [0, 0.05) is 13.3 Å². The Morgan fingerprint density at radius 2 is 1.91 bits per heavy atom. The molecule has 3 unspecified atom stereocenters. The largest absolute Gasteiger partial charge is 0.458 e. The summed E-state index contributed by atoms with van der Waals surface area (Å²) in [6.07, 6.45) is 3.30. The van der Waals surface area contributed by atoms with Crippen LogP contribution in [0.3, 0.4) is 0 Å². The topological polar surface area (TPSA) is 52.6 Å². The third-order valence-corrected chi connectivity index (χ3v) is 4.11. The zero-order valence-electron chi connectivity index (χ0n) is 12.0. The van der Waals surface area contributed by atoms with Gasteiger partial charge in [0.1, 0.15) is 12.0 Å². The van der Waals surface area contributed by atoms with Gasteiger partial charge in [-0.25, -0.2) is 4.79 Å². The summed E-state index contributed by atoms with van der Waals surface area (Å²) in [6, 6.07) is 9.20. The quantitative estimate of drug-likeness (QED) is 0.479. The van der Waals surface area contributed by atoms with E-state index in [1.54, 1.807) is 12.2 Å². The van der Waals surface area contributed by atoms with Crippen LogP contribution in [-0.2, 0) is 25.7 Å². The molecule has 1 aromatic carbocycles. The normalized spacial score (nSPS) is 27.2. The molecule has 0 radical (unpaired) electrons. The molecular weight excluding hydrogens is 327 g/mol. The molecule has 4 nitrogen and oxygen atoms in total. The number of hydrogen-bond donors (Lipinski definition) is 0. The molecule has 118 valence electrons. The molecule has 2 rings (SSSR count). The molecule has 3 atom stereocenters. The lowest BCUT2D eigenvalue weighted by molar-refractivity contribution is -0.183. The smallest absolute Gasteiger partial charge is 0.352 e. The number of benzene rings is 1. The number of esters is 2. The van der Waals surface area contributed by atoms with Crippen LogP contribution in [0.4, 0.5) is 0 Å². The van der Waals surface area contributed by atoms with Gasteiger partial charge in [-0.2, -0.15) is 0 Å². The van der Waals surface area contributed by atoms with Crippen LogP contribution in [0.5, 0.6) is 0 Å². The summed E-state index contributed by atoms with van der Waals surface area (Å²) < 4.78 is 10.5. The molecular formula is C16H16Cl2O4. The second-order valence-electron chi connectivity index (χ2n) is 5.05. The molecule has 1 aliphatic rings. The summed E-state index contributed by atoms with van der Waals surface area (Å²) in [4.78, 5) is 23.9. The minimum absolute atomic E-state index is 0.0724. The summed E-state index contributed by atoms with van der Waals surface area (Å²) in [6.45, 7) is 1.29. The average Bonchev–Trinajstić information content (AvgIpc) is 2.49. The van der Waals surface area contributed by atoms with Crippen LogP contribution in [0.1, 0.15) is 18.9 Å². The van der Waals surface area contributed by atoms with E-state index in [9.17, 15) is 9.59 Å². The van der Waals surface area contributed by atoms with Crippen molar-refractivity contribution in [3.05, 3.63) is 48.0 Å². The summed E-state index contributed by atoms with van der Waals surface area (Å²) in [7, 11) is 0. The molecule has 1 aliphatic carbocycles. The van der Waals surface area contributed by atoms with Crippen molar-refractivity contribution >= 4 is 35.1 Å². The first-order chi connectivity index (χ1) is 10.4. The van der Waals surface area contributed by atoms with Gasteiger partial charge in [0.15, 0.2) is 0 Å². The first-order valence-corrected chi connectivity index (χ1v) is 7.68. The number of ether oxygens (including phenoxy) is 2. The summed E-state index contributed by atoms with van der Waals surface area (Å²) in [5.41, 5.74) is -0.766. The van der Waals surface area contributed by atoms with E-state index in [-0.39, 0.29) is 13.0 Å². The van der Waals surface area contributed by atoms with Crippen LogP contribution in [0, 0.1) is 0 Å². The Kier molecular flexibility index (Phi) is 5.48. The highest BCUT2D eigenvalue weighted by Crippen LogP contribution is 2.35. The first-order valence-electron chi connectivity index (χ1n) is 6.81. The molecule has 0 heterocycles. The molecule has 0 aliphatic heterocycles. The van der Waals surface area contributed by atoms with Crippen LogP contribution in [-0.4, -0.2) is 28.3 Å². The zero-order chi connectivity index (χ0) is 16.2. The van der Waals surface area contributed by atoms with Gasteiger partial charge in [-0.05, 0) is 5.56 Å². The van der Waals surface area contributed by atoms with E-state index in [1.807, 2.05) is 30.3 Å². The van der Waals surface area contributed by atoms with Crippen molar-refractivity contribution in [3.63, 3.8) is 0 Å². The van der Waals surface area contributed by atoms with E-state index in [2.05, 4.69) is 0 Å². The maximum Gasteiger partial charge on any atom is 0.352 e. The molecule has 0 amide bonds. The lowest BCUT2D eigenvalue weighted by atomic mass is 9.88. The number of alkyl halides is 2. The molecule has 0 bridgehead atoms. The molecule has 0 saturated carbocycles. The van der Waals surface area contributed by atoms with Crippen LogP contribution in [0.25, 0.3) is 0 Å². The lowest BCUT2D eigenvalue weighted by Gasteiger charge is -2.36. The van der Waals surface area contributed by atoms with Gasteiger partial charge in [0.25, 0.3) is 0 Å². The molecule has 0 N–H and O–H groups in total. The monoisotopic (exact) mass is 342 g/mol. The number of halogens is 2. The number of allylic oxidation sites excluding steroid dienone is 1. The van der Waals surface area contributed by atoms with E-state index >= 15 is 0 Å². The third-order valence-electron chi connectivity index (χ3n) is 3.32. The number of hydrogen-bond acceptors (Lipinski definition) is 4. The van der Waals surface area contributed by atoms with Crippen LogP contribution in [0.15, 0.2) is 42.5 Å². The van der Waals surface area contributed by atoms with Gasteiger partial charge in [0.2, 0.25) is 5.60 Å². The van der Waals surface area contributed by atoms with E-state index in [1.165, 1.54) is 6.92 Å². The zero-order valence-corrected chi connectivity index (χ0v) is 13.5. The van der Waals surface area contributed by atoms with Crippen LogP contribution < -0.4 is 0 Å². The Morgan fingerprint density at radius 1 is 1.23 bits per heavy atom. The summed E-state index contributed by atoms with van der Waals surface area (Å²) in [5.74, 6) is -1.30. The van der Waals surface area contributed by atoms with Gasteiger partial charge >= 0.3 is 11.9 Å². The Bertz CT molecular complexity index is 573. The maximum atomic E-state index is 12.5. The lowest BCUT2D eigenvalue weighted by Crippen LogP contribution is -2.53. The second kappa shape index (κ2) is 7.16. The standard InChI is InChI=1S/C16H16Cl2O4/c1-11(19)22-16(9-13(17)7-8-14(16)18)15(20)21-10-12-5-3-2-4-6-12/h2-8,13-14H,9-10H2,1H3. The van der Waals surface area contributed by atoms with Crippen molar-refractivity contribution in [2.45, 2.75) is 36.3 Å². The highest BCUT2D eigenvalue weighted by molar-refractivity contribution is 6.26. The number of carbonyl (C=O) groups excluding carboxylic acids is 2. The second-order valence-corrected chi connectivity index (χ2v) is 6.08. The minimum Gasteiger partial charge on any atom is -0.458 e. The number of carbonyl (C=O) groups is 2. The maximum absolute atomic E-state index is 12.5. The summed E-state index contributed by atoms with van der Waals surface area (Å²) >= 11 is 12.3. The van der Waals surface area contributed by atoms with Gasteiger partial charge in [0.05, 0.1) is 5.38 Å². The highest BCUT2D eigenvalue weighted by Gasteiger charge is 2.51. The fraction of sp³-hybridized carbons (Fsp3) is 0.375. The Labute approximate surface area is 139 Å². The van der Waals surface area contributed by atoms with Crippen LogP contribution >= 0.6 is 23.2 Å². The first kappa shape index (κ1) is 16.8. The van der Waals surface area contributed by atoms with E-state index in [4.69, 9.17) is 32.7 Å². The predicted molar refractivity (Wildman–Crippen MR) is 83.8 cm³/mol. The van der Waals surface area contributed by atoms with Gasteiger partial charge in [-0.1, -0.05) is 42.5 Å². The minimum atomic E-state index is -1.59. The van der Waals surface area contributed by atoms with Crippen molar-refractivity contribution in [1.82, 2.24) is 0 Å². The molecule has 1 aromatic rings. The molecule has 0 fully saturated rings. The summed E-state index contributed by atoms with van der Waals surface area (Å²) in [5, 5.41) is -1.28. The molecule has 6 heteroatoms. The molecule has 0 aromatic heterocycles. The highest BCUT2D eigenvalue weighted by atomic mass is 35.5. The Hall–Kier alpha value is -1.52. The van der Waals surface area contributed by atoms with E-state index in [0.717, 1.165) is 5.56 Å². The predicted octanol–water partition coefficient (Wildman–Crippen LogP) is 3.21. The molecule has 22 heavy (non-hydrogen) atoms. The molecule has 0 spiro atoms. The van der Waals surface area contributed by atoms with Crippen molar-refractivity contribution in [2.75, 3.05) is 0 Å². The van der Waals surface area contributed by atoms with Crippen molar-refractivity contribution in [2.24, 2.45) is 0 Å². The van der Waals surface area contributed by atoms with Crippen molar-refractivity contribution < 1.29 is 19.1 Å². The Morgan fingerprint density at radius 3 is 2.55 bits per heavy atom. The fourth-order valence-corrected chi connectivity index (χ4v) is 2.90. The average molecular weight is 343 g/mol. The fourth-order valence-electron chi connectivity index (χ4n) is 2.28. The SMILES string of the molecule is CC(=O)OC1(C(=O)OCc2ccccc2)CC(Cl)C=CC1Cl. The number of rotatable bonds is 4. The van der Waals surface area contributed by atoms with Gasteiger partial charge in [-0.15, -0.1) is 23.2 Å². The molecule has 0 saturated heterocycles. The van der Waals surface area contributed by atoms with Gasteiger partial charge in [-0.3, -0.25) is 4.79 Å². The Balaban J connectivity index is 2.16. The van der Waals surface area contributed by atoms with E-state index in [0.29, 0.717) is 0 Å². The third kappa shape index (κ3) is 3.81. The van der Waals surface area contributed by atoms with Crippen molar-refractivity contribution in [1.29, 1.82) is 0 Å².